The van der Waals surface area contributed by atoms with Crippen LogP contribution in [0.15, 0.2) is 30.5 Å². The third-order valence-corrected chi connectivity index (χ3v) is 3.67. The molecule has 17 heavy (non-hydrogen) atoms. The number of nitrogens with two attached hydrogens (primary N) is 1. The lowest BCUT2D eigenvalue weighted by Crippen LogP contribution is -2.17. The summed E-state index contributed by atoms with van der Waals surface area (Å²) < 4.78 is 0.819. The Morgan fingerprint density at radius 1 is 1.35 bits per heavy atom. The Hall–Kier alpha value is -1.10. The summed E-state index contributed by atoms with van der Waals surface area (Å²) in [6, 6.07) is 7.94. The summed E-state index contributed by atoms with van der Waals surface area (Å²) in [7, 11) is 2.01. The Bertz CT molecular complexity index is 481. The van der Waals surface area contributed by atoms with Crippen LogP contribution in [0.25, 0.3) is 0 Å². The molecule has 3 nitrogen and oxygen atoms in total. The van der Waals surface area contributed by atoms with Gasteiger partial charge in [-0.15, -0.1) is 11.3 Å². The van der Waals surface area contributed by atoms with Crippen molar-refractivity contribution in [2.24, 2.45) is 5.73 Å². The van der Waals surface area contributed by atoms with Gasteiger partial charge in [-0.1, -0.05) is 17.7 Å². The fourth-order valence-electron chi connectivity index (χ4n) is 1.51. The normalized spacial score (nSPS) is 10.5. The van der Waals surface area contributed by atoms with Gasteiger partial charge < -0.3 is 10.6 Å². The van der Waals surface area contributed by atoms with Crippen molar-refractivity contribution in [3.63, 3.8) is 0 Å². The Labute approximate surface area is 110 Å². The van der Waals surface area contributed by atoms with Gasteiger partial charge in [-0.2, -0.15) is 0 Å². The topological polar surface area (TPSA) is 42.1 Å². The van der Waals surface area contributed by atoms with E-state index in [9.17, 15) is 0 Å². The van der Waals surface area contributed by atoms with Crippen molar-refractivity contribution in [3.05, 3.63) is 45.2 Å². The van der Waals surface area contributed by atoms with Gasteiger partial charge in [-0.25, -0.2) is 4.98 Å². The van der Waals surface area contributed by atoms with Crippen LogP contribution in [0.2, 0.25) is 4.34 Å². The van der Waals surface area contributed by atoms with Crippen LogP contribution in [0.1, 0.15) is 10.4 Å². The number of pyridine rings is 1. The second kappa shape index (κ2) is 5.49. The highest BCUT2D eigenvalue weighted by Crippen LogP contribution is 2.23. The predicted molar refractivity (Wildman–Crippen MR) is 73.6 cm³/mol. The van der Waals surface area contributed by atoms with Crippen molar-refractivity contribution in [2.45, 2.75) is 13.1 Å². The van der Waals surface area contributed by atoms with Crippen LogP contribution in [0, 0.1) is 0 Å². The summed E-state index contributed by atoms with van der Waals surface area (Å²) in [5.74, 6) is 0.937. The van der Waals surface area contributed by atoms with Crippen molar-refractivity contribution in [3.8, 4) is 0 Å². The van der Waals surface area contributed by atoms with Crippen LogP contribution < -0.4 is 10.6 Å². The van der Waals surface area contributed by atoms with Gasteiger partial charge in [0.05, 0.1) is 10.9 Å². The molecule has 0 aliphatic heterocycles. The summed E-state index contributed by atoms with van der Waals surface area (Å²) in [4.78, 5) is 7.68. The molecule has 2 rings (SSSR count). The molecule has 0 atom stereocenters. The summed E-state index contributed by atoms with van der Waals surface area (Å²) in [6.45, 7) is 1.34. The number of anilines is 1. The molecule has 0 spiro atoms. The fourth-order valence-corrected chi connectivity index (χ4v) is 2.66. The molecule has 0 aliphatic rings. The van der Waals surface area contributed by atoms with Crippen LogP contribution >= 0.6 is 22.9 Å². The van der Waals surface area contributed by atoms with E-state index in [2.05, 4.69) is 9.88 Å². The van der Waals surface area contributed by atoms with Gasteiger partial charge in [0.15, 0.2) is 0 Å². The maximum Gasteiger partial charge on any atom is 0.128 e. The molecule has 0 unspecified atom stereocenters. The number of thiophene rings is 1. The van der Waals surface area contributed by atoms with Gasteiger partial charge in [-0.05, 0) is 23.8 Å². The van der Waals surface area contributed by atoms with Crippen molar-refractivity contribution in [1.82, 2.24) is 4.98 Å². The molecule has 0 amide bonds. The number of hydrogen-bond acceptors (Lipinski definition) is 4. The highest BCUT2D eigenvalue weighted by atomic mass is 35.5. The lowest BCUT2D eigenvalue weighted by Gasteiger charge is -2.17. The van der Waals surface area contributed by atoms with Crippen molar-refractivity contribution in [2.75, 3.05) is 11.9 Å². The van der Waals surface area contributed by atoms with E-state index >= 15 is 0 Å². The minimum Gasteiger partial charge on any atom is -0.355 e. The zero-order valence-electron chi connectivity index (χ0n) is 9.56. The largest absolute Gasteiger partial charge is 0.355 e. The maximum atomic E-state index is 5.90. The van der Waals surface area contributed by atoms with Gasteiger partial charge in [0.25, 0.3) is 0 Å². The molecule has 0 aromatic carbocycles. The van der Waals surface area contributed by atoms with Crippen LogP contribution in [-0.2, 0) is 13.1 Å². The quantitative estimate of drug-likeness (QED) is 0.926. The van der Waals surface area contributed by atoms with Crippen molar-refractivity contribution < 1.29 is 0 Å². The van der Waals surface area contributed by atoms with Gasteiger partial charge in [-0.3, -0.25) is 0 Å². The van der Waals surface area contributed by atoms with E-state index in [4.69, 9.17) is 17.3 Å². The molecule has 0 aliphatic carbocycles. The summed E-state index contributed by atoms with van der Waals surface area (Å²) in [5.41, 5.74) is 6.58. The summed E-state index contributed by atoms with van der Waals surface area (Å²) in [5, 5.41) is 0. The van der Waals surface area contributed by atoms with E-state index in [1.54, 1.807) is 11.3 Å². The Balaban J connectivity index is 2.06. The number of halogens is 1. The van der Waals surface area contributed by atoms with Crippen molar-refractivity contribution in [1.29, 1.82) is 0 Å². The third-order valence-electron chi connectivity index (χ3n) is 2.46. The lowest BCUT2D eigenvalue weighted by molar-refractivity contribution is 0.906. The van der Waals surface area contributed by atoms with E-state index < -0.39 is 0 Å². The first kappa shape index (κ1) is 12.4. The first-order chi connectivity index (χ1) is 8.19. The molecule has 5 heteroatoms. The molecule has 2 aromatic rings. The minimum atomic E-state index is 0.525. The third kappa shape index (κ3) is 3.19. The first-order valence-corrected chi connectivity index (χ1v) is 6.49. The monoisotopic (exact) mass is 267 g/mol. The van der Waals surface area contributed by atoms with Crippen LogP contribution in [0.4, 0.5) is 5.82 Å². The number of rotatable bonds is 4. The van der Waals surface area contributed by atoms with Gasteiger partial charge in [0.1, 0.15) is 5.82 Å². The first-order valence-electron chi connectivity index (χ1n) is 5.29. The predicted octanol–water partition coefficient (Wildman–Crippen LogP) is 2.89. The molecular formula is C12H14ClN3S. The molecule has 2 N–H and O–H groups in total. The van der Waals surface area contributed by atoms with Gasteiger partial charge in [0.2, 0.25) is 0 Å². The molecule has 0 fully saturated rings. The Kier molecular flexibility index (Phi) is 3.99. The smallest absolute Gasteiger partial charge is 0.128 e. The molecule has 90 valence electrons. The maximum absolute atomic E-state index is 5.90. The van der Waals surface area contributed by atoms with E-state index in [0.29, 0.717) is 6.54 Å². The van der Waals surface area contributed by atoms with Gasteiger partial charge in [0, 0.05) is 24.7 Å². The summed E-state index contributed by atoms with van der Waals surface area (Å²) >= 11 is 7.49. The SMILES string of the molecule is CN(Cc1ccc(Cl)s1)c1ccc(CN)cn1. The second-order valence-corrected chi connectivity index (χ2v) is 5.59. The second-order valence-electron chi connectivity index (χ2n) is 3.79. The molecular weight excluding hydrogens is 254 g/mol. The van der Waals surface area contributed by atoms with E-state index in [0.717, 1.165) is 22.3 Å². The zero-order valence-corrected chi connectivity index (χ0v) is 11.1. The molecule has 0 saturated heterocycles. The number of hydrogen-bond donors (Lipinski definition) is 1. The highest BCUT2D eigenvalue weighted by Gasteiger charge is 2.05. The van der Waals surface area contributed by atoms with E-state index in [-0.39, 0.29) is 0 Å². The van der Waals surface area contributed by atoms with Crippen LogP contribution in [-0.4, -0.2) is 12.0 Å². The molecule has 2 aromatic heterocycles. The average molecular weight is 268 g/mol. The van der Waals surface area contributed by atoms with E-state index in [1.165, 1.54) is 4.88 Å². The standard InChI is InChI=1S/C12H14ClN3S/c1-16(8-10-3-4-11(13)17-10)12-5-2-9(6-14)7-15-12/h2-5,7H,6,8,14H2,1H3. The van der Waals surface area contributed by atoms with Crippen molar-refractivity contribution >= 4 is 28.8 Å². The zero-order chi connectivity index (χ0) is 12.3. The molecule has 2 heterocycles. The number of nitrogens with zero attached hydrogens (tertiary/aromatic N) is 2. The Morgan fingerprint density at radius 2 is 2.18 bits per heavy atom. The van der Waals surface area contributed by atoms with Crippen LogP contribution in [0.3, 0.4) is 0 Å². The lowest BCUT2D eigenvalue weighted by atomic mass is 10.3. The highest BCUT2D eigenvalue weighted by molar-refractivity contribution is 7.16. The molecule has 0 radical (unpaired) electrons. The molecule has 0 bridgehead atoms. The Morgan fingerprint density at radius 3 is 2.71 bits per heavy atom. The van der Waals surface area contributed by atoms with Crippen LogP contribution in [0.5, 0.6) is 0 Å². The average Bonchev–Trinajstić information content (AvgIpc) is 2.75. The van der Waals surface area contributed by atoms with Gasteiger partial charge >= 0.3 is 0 Å². The van der Waals surface area contributed by atoms with E-state index in [1.807, 2.05) is 37.5 Å². The number of aromatic nitrogens is 1. The molecule has 0 saturated carbocycles. The summed E-state index contributed by atoms with van der Waals surface area (Å²) in [6.07, 6.45) is 1.81. The minimum absolute atomic E-state index is 0.525. The fraction of sp³-hybridized carbons (Fsp3) is 0.250.